The molecule has 0 N–H and O–H groups in total. The molecule has 0 radical (unpaired) electrons. The molecule has 2 aromatic heterocycles. The van der Waals surface area contributed by atoms with E-state index in [0.29, 0.717) is 34.0 Å². The molecule has 0 spiro atoms. The zero-order chi connectivity index (χ0) is 33.8. The number of rotatable bonds is 5. The van der Waals surface area contributed by atoms with Crippen molar-refractivity contribution in [3.63, 3.8) is 0 Å². The molecule has 8 aromatic rings. The third-order valence-electron chi connectivity index (χ3n) is 9.38. The van der Waals surface area contributed by atoms with Crippen LogP contribution >= 0.6 is 0 Å². The van der Waals surface area contributed by atoms with Crippen molar-refractivity contribution in [1.82, 2.24) is 9.55 Å². The van der Waals surface area contributed by atoms with Gasteiger partial charge in [-0.1, -0.05) is 110 Å². The van der Waals surface area contributed by atoms with Crippen molar-refractivity contribution in [3.05, 3.63) is 180 Å². The van der Waals surface area contributed by atoms with Gasteiger partial charge in [0.1, 0.15) is 0 Å². The number of carbonyl (C=O) groups excluding carboxylic acids is 2. The molecule has 0 saturated heterocycles. The summed E-state index contributed by atoms with van der Waals surface area (Å²) in [6.07, 6.45) is 0. The number of para-hydroxylation sites is 1. The van der Waals surface area contributed by atoms with Gasteiger partial charge in [-0.15, -0.1) is 4.98 Å². The van der Waals surface area contributed by atoms with E-state index in [1.165, 1.54) is 4.90 Å². The smallest absolute Gasteiger partial charge is 0.270 e. The lowest BCUT2D eigenvalue weighted by Crippen LogP contribution is -2.30. The quantitative estimate of drug-likeness (QED) is 0.139. The van der Waals surface area contributed by atoms with Crippen molar-refractivity contribution in [2.24, 2.45) is 0 Å². The predicted molar refractivity (Wildman–Crippen MR) is 199 cm³/mol. The van der Waals surface area contributed by atoms with E-state index in [9.17, 15) is 9.59 Å². The van der Waals surface area contributed by atoms with Gasteiger partial charge in [0.05, 0.1) is 33.5 Å². The topological polar surface area (TPSA) is 59.6 Å². The number of imide groups is 1. The predicted octanol–water partition coefficient (Wildman–Crippen LogP) is 10.5. The number of pyridine rings is 1. The van der Waals surface area contributed by atoms with Crippen LogP contribution < -0.4 is 4.90 Å². The van der Waals surface area contributed by atoms with Crippen LogP contribution in [0.15, 0.2) is 158 Å². The average molecular weight is 643 g/mol. The highest BCUT2D eigenvalue weighted by Crippen LogP contribution is 2.42. The average Bonchev–Trinajstić information content (AvgIpc) is 3.65. The Morgan fingerprint density at radius 3 is 2.00 bits per heavy atom. The molecule has 3 heterocycles. The molecular weight excluding hydrogens is 617 g/mol. The molecule has 234 valence electrons. The van der Waals surface area contributed by atoms with Crippen LogP contribution in [-0.4, -0.2) is 21.4 Å². The molecule has 6 aromatic carbocycles. The number of aromatic nitrogens is 2. The van der Waals surface area contributed by atoms with Gasteiger partial charge in [0, 0.05) is 21.9 Å². The number of nitrogens with zero attached hydrogens (tertiary/aromatic N) is 4. The Hall–Kier alpha value is -7.10. The number of carbonyl (C=O) groups is 2. The van der Waals surface area contributed by atoms with Crippen molar-refractivity contribution >= 4 is 45.1 Å². The molecule has 0 unspecified atom stereocenters. The van der Waals surface area contributed by atoms with Crippen LogP contribution in [-0.2, 0) is 0 Å². The zero-order valence-corrected chi connectivity index (χ0v) is 26.6. The zero-order valence-electron chi connectivity index (χ0n) is 26.6. The highest BCUT2D eigenvalue weighted by atomic mass is 16.2. The van der Waals surface area contributed by atoms with Gasteiger partial charge in [0.15, 0.2) is 5.69 Å². The normalized spacial score (nSPS) is 12.4. The molecule has 6 heteroatoms. The van der Waals surface area contributed by atoms with E-state index in [0.717, 1.165) is 49.6 Å². The van der Waals surface area contributed by atoms with E-state index >= 15 is 0 Å². The molecule has 0 atom stereocenters. The van der Waals surface area contributed by atoms with Gasteiger partial charge in [-0.05, 0) is 71.3 Å². The highest BCUT2D eigenvalue weighted by molar-refractivity contribution is 6.36. The standard InChI is InChI=1S/C44H26N4O2/c1-45-41-21-11-18-36(46-41)31-22-24-33-32-16-8-9-19-37(32)47(40(33)27-31)39-20-10-17-34-42(39)44(50)48(43(34)49)38-25-23-30(28-12-4-2-5-13-28)26-35(38)29-14-6-3-7-15-29/h2-27H. The van der Waals surface area contributed by atoms with E-state index in [2.05, 4.69) is 32.6 Å². The summed E-state index contributed by atoms with van der Waals surface area (Å²) in [6.45, 7) is 7.45. The molecule has 50 heavy (non-hydrogen) atoms. The maximum Gasteiger partial charge on any atom is 0.270 e. The molecule has 0 aliphatic carbocycles. The highest BCUT2D eigenvalue weighted by Gasteiger charge is 2.40. The summed E-state index contributed by atoms with van der Waals surface area (Å²) in [6, 6.07) is 50.9. The minimum Gasteiger partial charge on any atom is -0.361 e. The summed E-state index contributed by atoms with van der Waals surface area (Å²) in [5.41, 5.74) is 8.88. The van der Waals surface area contributed by atoms with Gasteiger partial charge in [0.25, 0.3) is 17.6 Å². The van der Waals surface area contributed by atoms with Crippen LogP contribution in [0.2, 0.25) is 0 Å². The van der Waals surface area contributed by atoms with Crippen molar-refractivity contribution in [1.29, 1.82) is 0 Å². The second-order valence-electron chi connectivity index (χ2n) is 12.2. The van der Waals surface area contributed by atoms with Crippen molar-refractivity contribution in [3.8, 4) is 39.2 Å². The van der Waals surface area contributed by atoms with Crippen LogP contribution in [0, 0.1) is 6.57 Å². The summed E-state index contributed by atoms with van der Waals surface area (Å²) in [7, 11) is 0. The Balaban J connectivity index is 1.24. The Morgan fingerprint density at radius 2 is 1.20 bits per heavy atom. The lowest BCUT2D eigenvalue weighted by atomic mass is 9.97. The fraction of sp³-hybridized carbons (Fsp3) is 0. The first-order valence-electron chi connectivity index (χ1n) is 16.3. The number of benzene rings is 6. The molecule has 9 rings (SSSR count). The van der Waals surface area contributed by atoms with E-state index in [1.807, 2.05) is 127 Å². The summed E-state index contributed by atoms with van der Waals surface area (Å²) < 4.78 is 2.07. The number of anilines is 1. The van der Waals surface area contributed by atoms with E-state index in [1.54, 1.807) is 12.1 Å². The third-order valence-corrected chi connectivity index (χ3v) is 9.38. The monoisotopic (exact) mass is 642 g/mol. The fourth-order valence-corrected chi connectivity index (χ4v) is 7.10. The Labute approximate surface area is 287 Å². The first kappa shape index (κ1) is 29.1. The SMILES string of the molecule is [C-]#[N+]c1cccc(-c2ccc3c4ccccc4n(-c4cccc5c4C(=O)N(c4ccc(-c6ccccc6)cc4-c4ccccc4)C5=O)c3c2)n1. The second-order valence-corrected chi connectivity index (χ2v) is 12.2. The van der Waals surface area contributed by atoms with Crippen LogP contribution in [0.25, 0.3) is 65.8 Å². The molecule has 1 aliphatic rings. The summed E-state index contributed by atoms with van der Waals surface area (Å²) in [5, 5.41) is 2.02. The van der Waals surface area contributed by atoms with Gasteiger partial charge in [-0.25, -0.2) is 4.90 Å². The number of amides is 2. The van der Waals surface area contributed by atoms with Crippen molar-refractivity contribution in [2.45, 2.75) is 0 Å². The van der Waals surface area contributed by atoms with Crippen molar-refractivity contribution < 1.29 is 9.59 Å². The third kappa shape index (κ3) is 4.53. The molecule has 2 amide bonds. The van der Waals surface area contributed by atoms with Gasteiger partial charge in [0.2, 0.25) is 0 Å². The maximum atomic E-state index is 14.7. The molecule has 0 fully saturated rings. The molecular formula is C44H26N4O2. The van der Waals surface area contributed by atoms with Gasteiger partial charge >= 0.3 is 0 Å². The van der Waals surface area contributed by atoms with Crippen molar-refractivity contribution in [2.75, 3.05) is 4.90 Å². The first-order valence-corrected chi connectivity index (χ1v) is 16.3. The van der Waals surface area contributed by atoms with Crippen LogP contribution in [0.3, 0.4) is 0 Å². The lowest BCUT2D eigenvalue weighted by Gasteiger charge is -2.20. The summed E-state index contributed by atoms with van der Waals surface area (Å²) >= 11 is 0. The molecule has 0 saturated carbocycles. The van der Waals surface area contributed by atoms with Crippen LogP contribution in [0.1, 0.15) is 20.7 Å². The Bertz CT molecular complexity index is 2710. The molecule has 1 aliphatic heterocycles. The van der Waals surface area contributed by atoms with Crippen LogP contribution in [0.5, 0.6) is 0 Å². The lowest BCUT2D eigenvalue weighted by molar-refractivity contribution is 0.0926. The number of fused-ring (bicyclic) bond motifs is 4. The summed E-state index contributed by atoms with van der Waals surface area (Å²) in [5.74, 6) is -0.420. The maximum absolute atomic E-state index is 14.7. The second kappa shape index (κ2) is 11.6. The first-order chi connectivity index (χ1) is 24.6. The molecule has 0 bridgehead atoms. The largest absolute Gasteiger partial charge is 0.361 e. The van der Waals surface area contributed by atoms with Crippen LogP contribution in [0.4, 0.5) is 11.5 Å². The Kier molecular flexibility index (Phi) is 6.72. The van der Waals surface area contributed by atoms with Gasteiger partial charge in [-0.2, -0.15) is 0 Å². The van der Waals surface area contributed by atoms with E-state index in [4.69, 9.17) is 6.57 Å². The number of hydrogen-bond donors (Lipinski definition) is 0. The summed E-state index contributed by atoms with van der Waals surface area (Å²) in [4.78, 5) is 38.5. The Morgan fingerprint density at radius 1 is 0.500 bits per heavy atom. The molecule has 6 nitrogen and oxygen atoms in total. The minimum atomic E-state index is -0.376. The minimum absolute atomic E-state index is 0.319. The van der Waals surface area contributed by atoms with Gasteiger partial charge in [-0.3, -0.25) is 9.59 Å². The van der Waals surface area contributed by atoms with E-state index < -0.39 is 0 Å². The van der Waals surface area contributed by atoms with E-state index in [-0.39, 0.29) is 11.8 Å². The van der Waals surface area contributed by atoms with Gasteiger partial charge < -0.3 is 9.41 Å². The number of hydrogen-bond acceptors (Lipinski definition) is 3. The fourth-order valence-electron chi connectivity index (χ4n) is 7.10.